The maximum Gasteiger partial charge on any atom is 0.289 e. The molecule has 0 aliphatic carbocycles. The standard InChI is InChI=1S/C19H21F2N3O3/c1-23(2)17-14(20)10-13(11-15(17)21)22-18(25)12-5-7-24(8-6-12)19(26)16-4-3-9-27-16/h3-4,9-12H,5-8H2,1-2H3,(H,22,25). The zero-order valence-corrected chi connectivity index (χ0v) is 15.2. The van der Waals surface area contributed by atoms with Crippen LogP contribution in [0.2, 0.25) is 0 Å². The molecule has 1 N–H and O–H groups in total. The summed E-state index contributed by atoms with van der Waals surface area (Å²) in [4.78, 5) is 27.6. The summed E-state index contributed by atoms with van der Waals surface area (Å²) in [6.07, 6.45) is 2.38. The Bertz CT molecular complexity index is 806. The van der Waals surface area contributed by atoms with Crippen LogP contribution in [-0.2, 0) is 4.79 Å². The van der Waals surface area contributed by atoms with Crippen LogP contribution in [0.4, 0.5) is 20.2 Å². The second kappa shape index (κ2) is 7.77. The molecule has 0 saturated carbocycles. The highest BCUT2D eigenvalue weighted by molar-refractivity contribution is 5.94. The van der Waals surface area contributed by atoms with Crippen LogP contribution in [0.1, 0.15) is 23.4 Å². The number of amides is 2. The third-order valence-electron chi connectivity index (χ3n) is 4.62. The molecule has 1 fully saturated rings. The van der Waals surface area contributed by atoms with E-state index in [0.29, 0.717) is 25.9 Å². The number of likely N-dealkylation sites (tertiary alicyclic amines) is 1. The number of nitrogens with one attached hydrogen (secondary N) is 1. The van der Waals surface area contributed by atoms with Crippen molar-refractivity contribution in [1.82, 2.24) is 4.90 Å². The van der Waals surface area contributed by atoms with Crippen molar-refractivity contribution in [2.75, 3.05) is 37.4 Å². The van der Waals surface area contributed by atoms with Crippen molar-refractivity contribution in [2.24, 2.45) is 5.92 Å². The molecular weight excluding hydrogens is 356 g/mol. The molecule has 0 unspecified atom stereocenters. The quantitative estimate of drug-likeness (QED) is 0.889. The Morgan fingerprint density at radius 1 is 1.19 bits per heavy atom. The van der Waals surface area contributed by atoms with Crippen LogP contribution in [-0.4, -0.2) is 43.9 Å². The van der Waals surface area contributed by atoms with Gasteiger partial charge < -0.3 is 19.5 Å². The summed E-state index contributed by atoms with van der Waals surface area (Å²) in [6, 6.07) is 5.45. The van der Waals surface area contributed by atoms with Gasteiger partial charge in [-0.1, -0.05) is 0 Å². The van der Waals surface area contributed by atoms with Crippen molar-refractivity contribution in [3.63, 3.8) is 0 Å². The first kappa shape index (κ1) is 18.9. The molecule has 0 spiro atoms. The van der Waals surface area contributed by atoms with E-state index in [4.69, 9.17) is 4.42 Å². The molecule has 1 aromatic heterocycles. The molecule has 2 heterocycles. The van der Waals surface area contributed by atoms with E-state index in [9.17, 15) is 18.4 Å². The van der Waals surface area contributed by atoms with Gasteiger partial charge in [-0.2, -0.15) is 0 Å². The second-order valence-corrected chi connectivity index (χ2v) is 6.72. The minimum Gasteiger partial charge on any atom is -0.459 e. The average molecular weight is 377 g/mol. The van der Waals surface area contributed by atoms with Crippen LogP contribution < -0.4 is 10.2 Å². The summed E-state index contributed by atoms with van der Waals surface area (Å²) in [6.45, 7) is 0.833. The van der Waals surface area contributed by atoms with E-state index in [2.05, 4.69) is 5.32 Å². The van der Waals surface area contributed by atoms with E-state index in [1.807, 2.05) is 0 Å². The lowest BCUT2D eigenvalue weighted by Crippen LogP contribution is -2.41. The van der Waals surface area contributed by atoms with Gasteiger partial charge in [-0.05, 0) is 37.1 Å². The van der Waals surface area contributed by atoms with Crippen LogP contribution in [0, 0.1) is 17.6 Å². The molecule has 0 atom stereocenters. The summed E-state index contributed by atoms with van der Waals surface area (Å²) in [7, 11) is 3.08. The van der Waals surface area contributed by atoms with Gasteiger partial charge in [0.15, 0.2) is 17.4 Å². The van der Waals surface area contributed by atoms with Crippen molar-refractivity contribution in [1.29, 1.82) is 0 Å². The summed E-state index contributed by atoms with van der Waals surface area (Å²) in [5.41, 5.74) is -0.0764. The van der Waals surface area contributed by atoms with Gasteiger partial charge >= 0.3 is 0 Å². The number of halogens is 2. The summed E-state index contributed by atoms with van der Waals surface area (Å²) in [5.74, 6) is -2.06. The van der Waals surface area contributed by atoms with Crippen LogP contribution in [0.15, 0.2) is 34.9 Å². The highest BCUT2D eigenvalue weighted by atomic mass is 19.1. The smallest absolute Gasteiger partial charge is 0.289 e. The normalized spacial score (nSPS) is 14.9. The van der Waals surface area contributed by atoms with Gasteiger partial charge in [0.05, 0.1) is 6.26 Å². The Labute approximate surface area is 155 Å². The van der Waals surface area contributed by atoms with Gasteiger partial charge in [0.1, 0.15) is 5.69 Å². The molecule has 1 aliphatic heterocycles. The van der Waals surface area contributed by atoms with Gasteiger partial charge in [-0.15, -0.1) is 0 Å². The largest absolute Gasteiger partial charge is 0.459 e. The van der Waals surface area contributed by atoms with E-state index in [1.54, 1.807) is 17.0 Å². The van der Waals surface area contributed by atoms with E-state index in [-0.39, 0.29) is 34.9 Å². The average Bonchev–Trinajstić information content (AvgIpc) is 3.15. The van der Waals surface area contributed by atoms with Crippen molar-refractivity contribution in [2.45, 2.75) is 12.8 Å². The lowest BCUT2D eigenvalue weighted by atomic mass is 9.95. The highest BCUT2D eigenvalue weighted by Gasteiger charge is 2.29. The lowest BCUT2D eigenvalue weighted by molar-refractivity contribution is -0.121. The monoisotopic (exact) mass is 377 g/mol. The number of carbonyl (C=O) groups is 2. The zero-order chi connectivity index (χ0) is 19.6. The van der Waals surface area contributed by atoms with E-state index in [0.717, 1.165) is 12.1 Å². The molecule has 144 valence electrons. The third-order valence-corrected chi connectivity index (χ3v) is 4.62. The number of rotatable bonds is 4. The summed E-state index contributed by atoms with van der Waals surface area (Å²) >= 11 is 0. The van der Waals surface area contributed by atoms with E-state index in [1.165, 1.54) is 25.3 Å². The fourth-order valence-corrected chi connectivity index (χ4v) is 3.21. The Hall–Kier alpha value is -2.90. The summed E-state index contributed by atoms with van der Waals surface area (Å²) in [5, 5.41) is 2.57. The number of benzene rings is 1. The number of anilines is 2. The van der Waals surface area contributed by atoms with Crippen LogP contribution in [0.25, 0.3) is 0 Å². The maximum atomic E-state index is 14.0. The van der Waals surface area contributed by atoms with E-state index >= 15 is 0 Å². The van der Waals surface area contributed by atoms with Gasteiger partial charge in [0, 0.05) is 38.8 Å². The first-order chi connectivity index (χ1) is 12.9. The van der Waals surface area contributed by atoms with E-state index < -0.39 is 11.6 Å². The molecule has 2 amide bonds. The van der Waals surface area contributed by atoms with Crippen molar-refractivity contribution >= 4 is 23.2 Å². The molecule has 1 aliphatic rings. The molecular formula is C19H21F2N3O3. The Balaban J connectivity index is 1.59. The molecule has 0 bridgehead atoms. The minimum absolute atomic E-state index is 0.0784. The molecule has 6 nitrogen and oxygen atoms in total. The highest BCUT2D eigenvalue weighted by Crippen LogP contribution is 2.27. The summed E-state index contributed by atoms with van der Waals surface area (Å²) < 4.78 is 33.2. The number of nitrogens with zero attached hydrogens (tertiary/aromatic N) is 2. The second-order valence-electron chi connectivity index (χ2n) is 6.72. The Kier molecular flexibility index (Phi) is 5.43. The van der Waals surface area contributed by atoms with Crippen LogP contribution in [0.3, 0.4) is 0 Å². The first-order valence-corrected chi connectivity index (χ1v) is 8.67. The fraction of sp³-hybridized carbons (Fsp3) is 0.368. The molecule has 1 aromatic carbocycles. The van der Waals surface area contributed by atoms with Gasteiger partial charge in [-0.3, -0.25) is 9.59 Å². The van der Waals surface area contributed by atoms with Gasteiger partial charge in [0.2, 0.25) is 5.91 Å². The van der Waals surface area contributed by atoms with Gasteiger partial charge in [0.25, 0.3) is 5.91 Å². The SMILES string of the molecule is CN(C)c1c(F)cc(NC(=O)C2CCN(C(=O)c3ccco3)CC2)cc1F. The minimum atomic E-state index is -0.742. The molecule has 2 aromatic rings. The third kappa shape index (κ3) is 4.10. The Morgan fingerprint density at radius 3 is 2.33 bits per heavy atom. The topological polar surface area (TPSA) is 65.8 Å². The van der Waals surface area contributed by atoms with Crippen molar-refractivity contribution < 1.29 is 22.8 Å². The number of piperidine rings is 1. The van der Waals surface area contributed by atoms with Gasteiger partial charge in [-0.25, -0.2) is 8.78 Å². The number of furan rings is 1. The van der Waals surface area contributed by atoms with Crippen LogP contribution >= 0.6 is 0 Å². The number of carbonyl (C=O) groups excluding carboxylic acids is 2. The maximum absolute atomic E-state index is 14.0. The Morgan fingerprint density at radius 2 is 1.81 bits per heavy atom. The first-order valence-electron chi connectivity index (χ1n) is 8.67. The molecule has 0 radical (unpaired) electrons. The van der Waals surface area contributed by atoms with Crippen molar-refractivity contribution in [3.05, 3.63) is 47.9 Å². The predicted octanol–water partition coefficient (Wildman–Crippen LogP) is 3.11. The number of hydrogen-bond donors (Lipinski definition) is 1. The zero-order valence-electron chi connectivity index (χ0n) is 15.2. The molecule has 1 saturated heterocycles. The molecule has 27 heavy (non-hydrogen) atoms. The molecule has 3 rings (SSSR count). The van der Waals surface area contributed by atoms with Crippen molar-refractivity contribution in [3.8, 4) is 0 Å². The molecule has 8 heteroatoms. The number of hydrogen-bond acceptors (Lipinski definition) is 4. The predicted molar refractivity (Wildman–Crippen MR) is 96.7 cm³/mol. The fourth-order valence-electron chi connectivity index (χ4n) is 3.21. The van der Waals surface area contributed by atoms with Crippen LogP contribution in [0.5, 0.6) is 0 Å². The lowest BCUT2D eigenvalue weighted by Gasteiger charge is -2.30.